The Kier molecular flexibility index (Phi) is 8.73. The molecular formula is C25H31ClFN3O2S2. The second-order valence-electron chi connectivity index (χ2n) is 8.44. The summed E-state index contributed by atoms with van der Waals surface area (Å²) in [5, 5.41) is 1.88. The Hall–Kier alpha value is -2.00. The zero-order valence-corrected chi connectivity index (χ0v) is 21.0. The van der Waals surface area contributed by atoms with Gasteiger partial charge in [-0.25, -0.2) is 17.8 Å². The zero-order chi connectivity index (χ0) is 23.6. The Morgan fingerprint density at radius 3 is 2.53 bits per heavy atom. The van der Waals surface area contributed by atoms with E-state index in [1.807, 2.05) is 18.0 Å². The quantitative estimate of drug-likeness (QED) is 0.368. The summed E-state index contributed by atoms with van der Waals surface area (Å²) >= 11 is 7.77. The lowest BCUT2D eigenvalue weighted by atomic mass is 9.99. The summed E-state index contributed by atoms with van der Waals surface area (Å²) in [5.74, 6) is -1.14. The van der Waals surface area contributed by atoms with Crippen LogP contribution in [0.25, 0.3) is 0 Å². The highest BCUT2D eigenvalue weighted by atomic mass is 35.5. The van der Waals surface area contributed by atoms with E-state index < -0.39 is 15.7 Å². The largest absolute Gasteiger partial charge is 0.370 e. The fourth-order valence-corrected chi connectivity index (χ4v) is 6.79. The van der Waals surface area contributed by atoms with Crippen molar-refractivity contribution in [1.29, 1.82) is 0 Å². The van der Waals surface area contributed by atoms with E-state index in [-0.39, 0.29) is 29.1 Å². The SMILES string of the molecule is C.C[C@H](c1ccccc1)N1CCC(N(C)c2cc(F)c(S(=O)(=O)Cc3cscn3)cc2Cl)CC1. The Labute approximate surface area is 211 Å². The molecule has 2 heterocycles. The zero-order valence-electron chi connectivity index (χ0n) is 18.6. The fraction of sp³-hybridized carbons (Fsp3) is 0.400. The van der Waals surface area contributed by atoms with Crippen molar-refractivity contribution in [3.8, 4) is 0 Å². The highest BCUT2D eigenvalue weighted by molar-refractivity contribution is 7.90. The van der Waals surface area contributed by atoms with Gasteiger partial charge in [-0.3, -0.25) is 4.90 Å². The molecule has 0 radical (unpaired) electrons. The molecule has 1 fully saturated rings. The molecule has 34 heavy (non-hydrogen) atoms. The van der Waals surface area contributed by atoms with Gasteiger partial charge in [0.2, 0.25) is 0 Å². The first-order chi connectivity index (χ1) is 15.8. The summed E-state index contributed by atoms with van der Waals surface area (Å²) < 4.78 is 40.4. The van der Waals surface area contributed by atoms with Crippen molar-refractivity contribution in [2.75, 3.05) is 25.0 Å². The van der Waals surface area contributed by atoms with Gasteiger partial charge < -0.3 is 4.90 Å². The van der Waals surface area contributed by atoms with Gasteiger partial charge in [-0.1, -0.05) is 49.4 Å². The third-order valence-electron chi connectivity index (χ3n) is 6.41. The lowest BCUT2D eigenvalue weighted by Gasteiger charge is -2.40. The maximum Gasteiger partial charge on any atom is 0.187 e. The summed E-state index contributed by atoms with van der Waals surface area (Å²) in [6.45, 7) is 4.06. The Bertz CT molecular complexity index is 1180. The molecule has 1 aliphatic rings. The summed E-state index contributed by atoms with van der Waals surface area (Å²) in [5.41, 5.74) is 3.76. The molecule has 0 N–H and O–H groups in total. The van der Waals surface area contributed by atoms with Crippen molar-refractivity contribution in [1.82, 2.24) is 9.88 Å². The van der Waals surface area contributed by atoms with Gasteiger partial charge in [-0.15, -0.1) is 11.3 Å². The number of rotatable bonds is 7. The van der Waals surface area contributed by atoms with Crippen LogP contribution in [0.4, 0.5) is 10.1 Å². The van der Waals surface area contributed by atoms with Crippen molar-refractivity contribution in [2.45, 2.75) is 49.9 Å². The standard InChI is InChI=1S/C24H27ClFN3O2S2.CH4/c1-17(18-6-4-3-5-7-18)29-10-8-20(9-11-29)28(2)23-13-22(26)24(12-21(23)25)33(30,31)15-19-14-32-16-27-19;/h3-7,12-14,16-17,20H,8-11,15H2,1-2H3;1H4/t17-;/m1./s1. The van der Waals surface area contributed by atoms with Crippen molar-refractivity contribution in [3.63, 3.8) is 0 Å². The molecule has 0 amide bonds. The van der Waals surface area contributed by atoms with Gasteiger partial charge in [0.15, 0.2) is 9.84 Å². The van der Waals surface area contributed by atoms with Crippen LogP contribution in [0.2, 0.25) is 5.02 Å². The molecule has 2 aromatic carbocycles. The molecule has 0 bridgehead atoms. The molecule has 0 unspecified atom stereocenters. The number of piperidine rings is 1. The molecule has 1 aliphatic heterocycles. The number of anilines is 1. The van der Waals surface area contributed by atoms with Crippen LogP contribution in [-0.2, 0) is 15.6 Å². The van der Waals surface area contributed by atoms with E-state index in [1.54, 1.807) is 10.9 Å². The molecule has 0 spiro atoms. The molecule has 1 aromatic heterocycles. The first kappa shape index (κ1) is 26.6. The van der Waals surface area contributed by atoms with Gasteiger partial charge in [-0.05, 0) is 31.4 Å². The van der Waals surface area contributed by atoms with E-state index in [2.05, 4.69) is 41.1 Å². The average Bonchev–Trinajstić information content (AvgIpc) is 3.32. The number of halogens is 2. The highest BCUT2D eigenvalue weighted by Gasteiger charge is 2.29. The predicted octanol–water partition coefficient (Wildman–Crippen LogP) is 6.21. The molecule has 1 atom stereocenters. The van der Waals surface area contributed by atoms with Crippen LogP contribution in [0.1, 0.15) is 44.5 Å². The van der Waals surface area contributed by atoms with Crippen LogP contribution in [0.15, 0.2) is 58.3 Å². The van der Waals surface area contributed by atoms with Crippen molar-refractivity contribution in [3.05, 3.63) is 75.5 Å². The smallest absolute Gasteiger partial charge is 0.187 e. The molecule has 0 saturated carbocycles. The molecule has 5 nitrogen and oxygen atoms in total. The number of aromatic nitrogens is 1. The normalized spacial score (nSPS) is 16.1. The van der Waals surface area contributed by atoms with Gasteiger partial charge in [0.1, 0.15) is 10.7 Å². The molecule has 4 rings (SSSR count). The van der Waals surface area contributed by atoms with Crippen LogP contribution in [0.5, 0.6) is 0 Å². The minimum Gasteiger partial charge on any atom is -0.370 e. The maximum atomic E-state index is 14.9. The number of sulfone groups is 1. The number of hydrogen-bond donors (Lipinski definition) is 0. The van der Waals surface area contributed by atoms with E-state index in [0.29, 0.717) is 17.4 Å². The van der Waals surface area contributed by atoms with Crippen LogP contribution in [-0.4, -0.2) is 44.5 Å². The van der Waals surface area contributed by atoms with Crippen LogP contribution < -0.4 is 4.90 Å². The van der Waals surface area contributed by atoms with Crippen molar-refractivity contribution < 1.29 is 12.8 Å². The summed E-state index contributed by atoms with van der Waals surface area (Å²) in [6.07, 6.45) is 1.82. The van der Waals surface area contributed by atoms with E-state index in [4.69, 9.17) is 11.6 Å². The van der Waals surface area contributed by atoms with E-state index in [0.717, 1.165) is 25.9 Å². The lowest BCUT2D eigenvalue weighted by Crippen LogP contribution is -2.44. The Morgan fingerprint density at radius 2 is 1.91 bits per heavy atom. The highest BCUT2D eigenvalue weighted by Crippen LogP contribution is 2.35. The van der Waals surface area contributed by atoms with Gasteiger partial charge in [-0.2, -0.15) is 0 Å². The number of nitrogens with zero attached hydrogens (tertiary/aromatic N) is 3. The molecule has 9 heteroatoms. The second kappa shape index (κ2) is 11.2. The van der Waals surface area contributed by atoms with E-state index in [9.17, 15) is 12.8 Å². The van der Waals surface area contributed by atoms with Gasteiger partial charge in [0.25, 0.3) is 0 Å². The first-order valence-electron chi connectivity index (χ1n) is 10.9. The summed E-state index contributed by atoms with van der Waals surface area (Å²) in [7, 11) is -1.99. The minimum atomic E-state index is -3.89. The third kappa shape index (κ3) is 5.79. The fourth-order valence-electron chi connectivity index (χ4n) is 4.41. The molecular weight excluding hydrogens is 493 g/mol. The number of likely N-dealkylation sites (tertiary alicyclic amines) is 1. The first-order valence-corrected chi connectivity index (χ1v) is 13.8. The molecule has 0 aliphatic carbocycles. The minimum absolute atomic E-state index is 0. The third-order valence-corrected chi connectivity index (χ3v) is 9.01. The number of hydrogen-bond acceptors (Lipinski definition) is 6. The molecule has 184 valence electrons. The second-order valence-corrected chi connectivity index (χ2v) is 11.5. The number of benzene rings is 2. The van der Waals surface area contributed by atoms with Crippen LogP contribution in [0.3, 0.4) is 0 Å². The molecule has 1 saturated heterocycles. The van der Waals surface area contributed by atoms with Crippen LogP contribution in [0, 0.1) is 5.82 Å². The summed E-state index contributed by atoms with van der Waals surface area (Å²) in [4.78, 5) is 8.04. The van der Waals surface area contributed by atoms with E-state index in [1.165, 1.54) is 29.0 Å². The predicted molar refractivity (Wildman–Crippen MR) is 139 cm³/mol. The lowest BCUT2D eigenvalue weighted by molar-refractivity contribution is 0.162. The van der Waals surface area contributed by atoms with Gasteiger partial charge in [0.05, 0.1) is 27.7 Å². The topological polar surface area (TPSA) is 53.5 Å². The number of thiazole rings is 1. The van der Waals surface area contributed by atoms with Crippen molar-refractivity contribution in [2.24, 2.45) is 0 Å². The Morgan fingerprint density at radius 1 is 1.24 bits per heavy atom. The monoisotopic (exact) mass is 523 g/mol. The van der Waals surface area contributed by atoms with E-state index >= 15 is 0 Å². The average molecular weight is 524 g/mol. The van der Waals surface area contributed by atoms with Crippen molar-refractivity contribution >= 4 is 38.5 Å². The summed E-state index contributed by atoms with van der Waals surface area (Å²) in [6, 6.07) is 13.4. The molecule has 3 aromatic rings. The Balaban J connectivity index is 0.00000324. The van der Waals surface area contributed by atoms with Gasteiger partial charge in [0, 0.05) is 43.7 Å². The maximum absolute atomic E-state index is 14.9. The van der Waals surface area contributed by atoms with Gasteiger partial charge >= 0.3 is 0 Å². The van der Waals surface area contributed by atoms with Crippen LogP contribution >= 0.6 is 22.9 Å².